The van der Waals surface area contributed by atoms with Crippen molar-refractivity contribution in [3.05, 3.63) is 78.2 Å². The number of nitrogens with two attached hydrogens (primary N) is 1. The summed E-state index contributed by atoms with van der Waals surface area (Å²) in [4.78, 5) is 66.6. The number of hydrogen-bond acceptors (Lipinski definition) is 5. The van der Waals surface area contributed by atoms with Crippen LogP contribution in [0.15, 0.2) is 54.6 Å². The normalized spacial score (nSPS) is 20.5. The molecule has 2 saturated heterocycles. The van der Waals surface area contributed by atoms with Gasteiger partial charge in [-0.15, -0.1) is 0 Å². The van der Waals surface area contributed by atoms with E-state index in [2.05, 4.69) is 16.0 Å². The highest BCUT2D eigenvalue weighted by Gasteiger charge is 2.44. The summed E-state index contributed by atoms with van der Waals surface area (Å²) in [6, 6.07) is 14.5. The fourth-order valence-electron chi connectivity index (χ4n) is 6.02. The molecule has 10 heteroatoms. The summed E-state index contributed by atoms with van der Waals surface area (Å²) in [5.74, 6) is -1.94. The lowest BCUT2D eigenvalue weighted by atomic mass is 9.98. The van der Waals surface area contributed by atoms with Gasteiger partial charge < -0.3 is 26.6 Å². The van der Waals surface area contributed by atoms with Gasteiger partial charge in [-0.3, -0.25) is 24.0 Å². The predicted molar refractivity (Wildman–Crippen MR) is 165 cm³/mol. The Labute approximate surface area is 259 Å². The first-order chi connectivity index (χ1) is 21.2. The molecular formula is C34H43N5O5. The van der Waals surface area contributed by atoms with Gasteiger partial charge in [0.15, 0.2) is 0 Å². The van der Waals surface area contributed by atoms with Gasteiger partial charge in [0.2, 0.25) is 29.5 Å². The molecule has 2 fully saturated rings. The first kappa shape index (κ1) is 32.7. The van der Waals surface area contributed by atoms with Gasteiger partial charge >= 0.3 is 0 Å². The summed E-state index contributed by atoms with van der Waals surface area (Å²) in [7, 11) is 0. The van der Waals surface area contributed by atoms with Crippen molar-refractivity contribution in [2.75, 3.05) is 0 Å². The van der Waals surface area contributed by atoms with Crippen LogP contribution < -0.4 is 21.7 Å². The highest BCUT2D eigenvalue weighted by molar-refractivity contribution is 5.95. The number of nitrogens with one attached hydrogen (secondary N) is 3. The number of nitrogens with zero attached hydrogens (tertiary/aromatic N) is 1. The zero-order valence-corrected chi connectivity index (χ0v) is 25.1. The van der Waals surface area contributed by atoms with E-state index in [-0.39, 0.29) is 43.7 Å². The Morgan fingerprint density at radius 2 is 1.59 bits per heavy atom. The summed E-state index contributed by atoms with van der Waals surface area (Å²) in [6.07, 6.45) is 5.26. The fraction of sp³-hybridized carbons (Fsp3) is 0.471. The molecule has 0 aliphatic carbocycles. The molecule has 2 aromatic carbocycles. The number of aryl methyl sites for hydroxylation is 1. The number of carbonyl (C=O) groups excluding carboxylic acids is 5. The van der Waals surface area contributed by atoms with Crippen LogP contribution >= 0.6 is 0 Å². The average Bonchev–Trinajstić information content (AvgIpc) is 3.45. The van der Waals surface area contributed by atoms with E-state index in [0.29, 0.717) is 32.1 Å². The maximum Gasteiger partial charge on any atom is 0.246 e. The first-order valence-electron chi connectivity index (χ1n) is 15.5. The Bertz CT molecular complexity index is 1300. The van der Waals surface area contributed by atoms with E-state index in [9.17, 15) is 24.0 Å². The van der Waals surface area contributed by atoms with Crippen LogP contribution in [0.4, 0.5) is 0 Å². The molecule has 234 valence electrons. The summed E-state index contributed by atoms with van der Waals surface area (Å²) < 4.78 is 0. The summed E-state index contributed by atoms with van der Waals surface area (Å²) in [5, 5.41) is 8.54. The number of primary amides is 1. The molecule has 0 spiro atoms. The molecule has 4 rings (SSSR count). The maximum absolute atomic E-state index is 13.8. The number of amides is 5. The quantitative estimate of drug-likeness (QED) is 0.278. The fourth-order valence-corrected chi connectivity index (χ4v) is 6.02. The Hall–Kier alpha value is -4.21. The Balaban J connectivity index is 1.39. The highest BCUT2D eigenvalue weighted by atomic mass is 16.2. The van der Waals surface area contributed by atoms with Crippen LogP contribution in [0.5, 0.6) is 0 Å². The number of benzene rings is 2. The lowest BCUT2D eigenvalue weighted by Crippen LogP contribution is -2.58. The third-order valence-electron chi connectivity index (χ3n) is 8.49. The summed E-state index contributed by atoms with van der Waals surface area (Å²) in [5.41, 5.74) is 8.26. The molecule has 2 radical (unpaired) electrons. The van der Waals surface area contributed by atoms with Gasteiger partial charge in [0.1, 0.15) is 18.1 Å². The minimum Gasteiger partial charge on any atom is -0.370 e. The first-order valence-corrected chi connectivity index (χ1v) is 15.5. The molecule has 0 bridgehead atoms. The summed E-state index contributed by atoms with van der Waals surface area (Å²) >= 11 is 0. The van der Waals surface area contributed by atoms with E-state index >= 15 is 0 Å². The Kier molecular flexibility index (Phi) is 11.9. The van der Waals surface area contributed by atoms with Crippen LogP contribution in [0, 0.1) is 6.92 Å². The molecule has 0 saturated carbocycles. The molecule has 5 amide bonds. The van der Waals surface area contributed by atoms with Crippen LogP contribution in [-0.4, -0.2) is 58.6 Å². The second-order valence-corrected chi connectivity index (χ2v) is 11.7. The van der Waals surface area contributed by atoms with Crippen molar-refractivity contribution < 1.29 is 24.0 Å². The lowest BCUT2D eigenvalue weighted by Gasteiger charge is -2.35. The van der Waals surface area contributed by atoms with Crippen molar-refractivity contribution in [1.29, 1.82) is 0 Å². The monoisotopic (exact) mass is 601 g/mol. The summed E-state index contributed by atoms with van der Waals surface area (Å²) in [6.45, 7) is 5.93. The maximum atomic E-state index is 13.8. The minimum atomic E-state index is -0.989. The van der Waals surface area contributed by atoms with Crippen LogP contribution in [-0.2, 0) is 43.4 Å². The smallest absolute Gasteiger partial charge is 0.246 e. The number of hydrogen-bond donors (Lipinski definition) is 4. The zero-order chi connectivity index (χ0) is 31.5. The number of carbonyl (C=O) groups is 5. The van der Waals surface area contributed by atoms with Gasteiger partial charge in [-0.1, -0.05) is 67.4 Å². The Morgan fingerprint density at radius 3 is 2.30 bits per heavy atom. The van der Waals surface area contributed by atoms with Crippen LogP contribution in [0.25, 0.3) is 0 Å². The predicted octanol–water partition coefficient (Wildman–Crippen LogP) is 2.36. The second-order valence-electron chi connectivity index (χ2n) is 11.7. The third-order valence-corrected chi connectivity index (χ3v) is 8.49. The van der Waals surface area contributed by atoms with Crippen LogP contribution in [0.3, 0.4) is 0 Å². The van der Waals surface area contributed by atoms with E-state index in [1.807, 2.05) is 54.6 Å². The molecule has 4 atom stereocenters. The third kappa shape index (κ3) is 9.14. The van der Waals surface area contributed by atoms with Gasteiger partial charge in [-0.2, -0.15) is 0 Å². The van der Waals surface area contributed by atoms with Crippen LogP contribution in [0.2, 0.25) is 0 Å². The molecule has 2 aromatic rings. The SMILES string of the molecule is [CH]Cc1ccc(CCC(=O)N[C@H]2CCCCC3CC[C@@H](C(=O)N[C@@H](CCC(N)=O)C(=O)NCc4ccccc4)N3C2=O)cc1. The zero-order valence-electron chi connectivity index (χ0n) is 25.1. The molecule has 10 nitrogen and oxygen atoms in total. The molecule has 1 unspecified atom stereocenters. The average molecular weight is 602 g/mol. The van der Waals surface area contributed by atoms with Crippen molar-refractivity contribution in [2.24, 2.45) is 5.73 Å². The Morgan fingerprint density at radius 1 is 0.886 bits per heavy atom. The molecule has 0 aromatic heterocycles. The van der Waals surface area contributed by atoms with Crippen molar-refractivity contribution >= 4 is 29.5 Å². The molecule has 2 aliphatic heterocycles. The standard InChI is InChI=1S/C34H43N5O5/c1-2-23-12-14-24(15-13-23)16-21-31(41)37-28-11-7-6-10-26-17-19-29(39(26)34(28)44)33(43)38-27(18-20-30(35)40)32(42)36-22-25-8-4-3-5-9-25/h1,3-5,8-9,12-15,26-29H,2,6-7,10-11,16-22H2,(H2,35,40)(H,36,42)(H,37,41)(H,38,43)/t26?,27-,28-,29-/m0/s1. The lowest BCUT2D eigenvalue weighted by molar-refractivity contribution is -0.144. The molecule has 2 aliphatic rings. The van der Waals surface area contributed by atoms with Gasteiger partial charge in [0.25, 0.3) is 0 Å². The van der Waals surface area contributed by atoms with Gasteiger partial charge in [-0.25, -0.2) is 0 Å². The van der Waals surface area contributed by atoms with Crippen molar-refractivity contribution in [3.8, 4) is 0 Å². The van der Waals surface area contributed by atoms with Gasteiger partial charge in [0, 0.05) is 25.4 Å². The van der Waals surface area contributed by atoms with Crippen LogP contribution in [0.1, 0.15) is 74.5 Å². The van der Waals surface area contributed by atoms with E-state index in [1.54, 1.807) is 4.90 Å². The number of rotatable bonds is 13. The van der Waals surface area contributed by atoms with Crippen molar-refractivity contribution in [3.63, 3.8) is 0 Å². The molecule has 44 heavy (non-hydrogen) atoms. The molecular weight excluding hydrogens is 558 g/mol. The topological polar surface area (TPSA) is 151 Å². The highest BCUT2D eigenvalue weighted by Crippen LogP contribution is 2.31. The van der Waals surface area contributed by atoms with Crippen molar-refractivity contribution in [2.45, 2.75) is 101 Å². The second kappa shape index (κ2) is 16.0. The van der Waals surface area contributed by atoms with E-state index in [4.69, 9.17) is 12.7 Å². The number of fused-ring (bicyclic) bond motifs is 1. The van der Waals surface area contributed by atoms with E-state index < -0.39 is 35.8 Å². The van der Waals surface area contributed by atoms with E-state index in [1.165, 1.54) is 0 Å². The molecule has 5 N–H and O–H groups in total. The van der Waals surface area contributed by atoms with Crippen molar-refractivity contribution in [1.82, 2.24) is 20.9 Å². The molecule has 2 heterocycles. The van der Waals surface area contributed by atoms with E-state index in [0.717, 1.165) is 36.0 Å². The minimum absolute atomic E-state index is 0.0411. The van der Waals surface area contributed by atoms with Gasteiger partial charge in [-0.05, 0) is 68.6 Å². The largest absolute Gasteiger partial charge is 0.370 e. The van der Waals surface area contributed by atoms with Gasteiger partial charge in [0.05, 0.1) is 0 Å².